The zero-order chi connectivity index (χ0) is 46.1. The van der Waals surface area contributed by atoms with Crippen molar-refractivity contribution in [3.8, 4) is 0 Å². The molecule has 1 saturated heterocycles. The highest BCUT2D eigenvalue weighted by Crippen LogP contribution is 2.67. The molecule has 3 saturated carbocycles. The van der Waals surface area contributed by atoms with E-state index in [0.29, 0.717) is 35.5 Å². The van der Waals surface area contributed by atoms with Gasteiger partial charge >= 0.3 is 5.97 Å². The zero-order valence-corrected chi connectivity index (χ0v) is 42.4. The molecule has 7 heteroatoms. The van der Waals surface area contributed by atoms with Gasteiger partial charge in [0, 0.05) is 6.42 Å². The van der Waals surface area contributed by atoms with Crippen LogP contribution in [0.1, 0.15) is 235 Å². The molecule has 1 aliphatic heterocycles. The van der Waals surface area contributed by atoms with E-state index in [1.165, 1.54) is 140 Å². The largest absolute Gasteiger partial charge is 0.463 e. The summed E-state index contributed by atoms with van der Waals surface area (Å²) in [6, 6.07) is 0. The summed E-state index contributed by atoms with van der Waals surface area (Å²) in [6.45, 7) is 16.8. The van der Waals surface area contributed by atoms with Gasteiger partial charge in [0.05, 0.1) is 6.10 Å². The van der Waals surface area contributed by atoms with E-state index in [0.717, 1.165) is 62.7 Å². The first-order valence-corrected chi connectivity index (χ1v) is 27.7. The fourth-order valence-corrected chi connectivity index (χ4v) is 13.9. The maximum atomic E-state index is 12.7. The third-order valence-corrected chi connectivity index (χ3v) is 18.1. The summed E-state index contributed by atoms with van der Waals surface area (Å²) >= 11 is 0. The number of aliphatic hydroxyl groups excluding tert-OH is 3. The number of hydrogen-bond acceptors (Lipinski definition) is 7. The molecule has 4 aliphatic carbocycles. The lowest BCUT2D eigenvalue weighted by molar-refractivity contribution is -0.313. The molecular formula is C57H100O7. The van der Waals surface area contributed by atoms with Crippen LogP contribution in [0.4, 0.5) is 0 Å². The van der Waals surface area contributed by atoms with Gasteiger partial charge in [-0.15, -0.1) is 0 Å². The molecule has 0 spiro atoms. The van der Waals surface area contributed by atoms with Crippen LogP contribution < -0.4 is 0 Å². The Morgan fingerprint density at radius 1 is 0.734 bits per heavy atom. The van der Waals surface area contributed by atoms with Gasteiger partial charge in [-0.3, -0.25) is 4.79 Å². The molecule has 0 amide bonds. The predicted molar refractivity (Wildman–Crippen MR) is 263 cm³/mol. The van der Waals surface area contributed by atoms with Crippen molar-refractivity contribution in [3.05, 3.63) is 23.8 Å². The minimum atomic E-state index is -1.45. The normalized spacial score (nSPS) is 34.9. The number of hydrogen-bond donors (Lipinski definition) is 3. The molecule has 1 heterocycles. The summed E-state index contributed by atoms with van der Waals surface area (Å²) in [7, 11) is 0. The molecule has 0 bridgehead atoms. The maximum absolute atomic E-state index is 12.7. The van der Waals surface area contributed by atoms with Gasteiger partial charge in [0.15, 0.2) is 6.29 Å². The fourth-order valence-electron chi connectivity index (χ4n) is 13.9. The van der Waals surface area contributed by atoms with E-state index in [-0.39, 0.29) is 24.1 Å². The lowest BCUT2D eigenvalue weighted by Crippen LogP contribution is -2.60. The van der Waals surface area contributed by atoms with Gasteiger partial charge in [0.25, 0.3) is 0 Å². The summed E-state index contributed by atoms with van der Waals surface area (Å²) in [5.74, 6) is 4.62. The van der Waals surface area contributed by atoms with Crippen molar-refractivity contribution in [1.82, 2.24) is 0 Å². The molecular weight excluding hydrogens is 797 g/mol. The Kier molecular flexibility index (Phi) is 22.7. The standard InChI is InChI=1S/C57H100O7/c1-8-10-11-12-13-14-15-16-17-18-19-20-21-22-23-24-25-26-27-28-51(58)62-40-50-52(59)53(60)54(61)55(64-50)63-45-35-37-56(6)44(39-45)31-32-46-48-34-33-47(57(48,7)38-36-49(46)56)42(5)29-30-43(9-2)41(3)4/h29-31,41-43,45-50,52-55,59-61H,8-28,32-40H2,1-7H3/b30-29+/t42-,43-,45+,46+,47-,48+,49+,50?,52-,53?,54?,55-,56+,57-/m1/s1. The van der Waals surface area contributed by atoms with Crippen LogP contribution in [0.25, 0.3) is 0 Å². The van der Waals surface area contributed by atoms with E-state index < -0.39 is 30.7 Å². The van der Waals surface area contributed by atoms with Crippen molar-refractivity contribution >= 4 is 5.97 Å². The first kappa shape index (κ1) is 53.7. The number of allylic oxidation sites excluding steroid dienone is 3. The van der Waals surface area contributed by atoms with Crippen LogP contribution in [0.2, 0.25) is 0 Å². The van der Waals surface area contributed by atoms with Gasteiger partial charge in [-0.05, 0) is 116 Å². The highest BCUT2D eigenvalue weighted by atomic mass is 16.7. The van der Waals surface area contributed by atoms with Crippen LogP contribution in [0, 0.1) is 52.3 Å². The smallest absolute Gasteiger partial charge is 0.305 e. The minimum Gasteiger partial charge on any atom is -0.463 e. The topological polar surface area (TPSA) is 105 Å². The van der Waals surface area contributed by atoms with Crippen LogP contribution in [-0.4, -0.2) is 64.7 Å². The van der Waals surface area contributed by atoms with E-state index >= 15 is 0 Å². The Labute approximate surface area is 393 Å². The average molecular weight is 897 g/mol. The summed E-state index contributed by atoms with van der Waals surface area (Å²) in [6.07, 6.45) is 36.8. The summed E-state index contributed by atoms with van der Waals surface area (Å²) in [5.41, 5.74) is 2.05. The lowest BCUT2D eigenvalue weighted by Gasteiger charge is -2.58. The molecule has 4 fully saturated rings. The van der Waals surface area contributed by atoms with Gasteiger partial charge in [0.2, 0.25) is 0 Å². The van der Waals surface area contributed by atoms with E-state index in [4.69, 9.17) is 14.2 Å². The molecule has 0 aromatic heterocycles. The van der Waals surface area contributed by atoms with Gasteiger partial charge in [0.1, 0.15) is 31.0 Å². The molecule has 370 valence electrons. The molecule has 0 radical (unpaired) electrons. The first-order chi connectivity index (χ1) is 30.8. The van der Waals surface area contributed by atoms with Crippen molar-refractivity contribution in [1.29, 1.82) is 0 Å². The molecule has 0 aromatic rings. The highest BCUT2D eigenvalue weighted by Gasteiger charge is 2.59. The summed E-state index contributed by atoms with van der Waals surface area (Å²) in [4.78, 5) is 12.7. The van der Waals surface area contributed by atoms with Crippen molar-refractivity contribution in [2.45, 2.75) is 271 Å². The Bertz CT molecular complexity index is 1390. The van der Waals surface area contributed by atoms with Gasteiger partial charge in [-0.1, -0.05) is 188 Å². The predicted octanol–water partition coefficient (Wildman–Crippen LogP) is 14.0. The van der Waals surface area contributed by atoms with Crippen LogP contribution >= 0.6 is 0 Å². The second-order valence-electron chi connectivity index (χ2n) is 22.9. The van der Waals surface area contributed by atoms with E-state index in [1.54, 1.807) is 0 Å². The second kappa shape index (κ2) is 27.1. The van der Waals surface area contributed by atoms with Gasteiger partial charge in [-0.2, -0.15) is 0 Å². The number of unbranched alkanes of at least 4 members (excludes halogenated alkanes) is 18. The Hall–Kier alpha value is -1.25. The molecule has 64 heavy (non-hydrogen) atoms. The number of esters is 1. The summed E-state index contributed by atoms with van der Waals surface area (Å²) < 4.78 is 18.1. The van der Waals surface area contributed by atoms with Crippen LogP contribution in [0.3, 0.4) is 0 Å². The Balaban J connectivity index is 0.965. The van der Waals surface area contributed by atoms with Crippen LogP contribution in [0.5, 0.6) is 0 Å². The van der Waals surface area contributed by atoms with Crippen LogP contribution in [0.15, 0.2) is 23.8 Å². The Morgan fingerprint density at radius 2 is 1.33 bits per heavy atom. The van der Waals surface area contributed by atoms with Gasteiger partial charge < -0.3 is 29.5 Å². The van der Waals surface area contributed by atoms with Gasteiger partial charge in [-0.25, -0.2) is 0 Å². The molecule has 0 aromatic carbocycles. The maximum Gasteiger partial charge on any atom is 0.305 e. The number of carbonyl (C=O) groups is 1. The third-order valence-electron chi connectivity index (χ3n) is 18.1. The Morgan fingerprint density at radius 3 is 1.91 bits per heavy atom. The fraction of sp³-hybridized carbons (Fsp3) is 0.912. The van der Waals surface area contributed by atoms with Crippen molar-refractivity contribution in [2.75, 3.05) is 6.61 Å². The number of rotatable bonds is 29. The lowest BCUT2D eigenvalue weighted by atomic mass is 9.47. The van der Waals surface area contributed by atoms with E-state index in [2.05, 4.69) is 66.7 Å². The van der Waals surface area contributed by atoms with E-state index in [1.807, 2.05) is 0 Å². The molecule has 7 nitrogen and oxygen atoms in total. The number of fused-ring (bicyclic) bond motifs is 5. The molecule has 3 N–H and O–H groups in total. The SMILES string of the molecule is CCCCCCCCCCCCCCCCCCCCCC(=O)OCC1O[C@@H](O[C@H]2CC[C@@]3(C)C(=CC[C@H]4[C@@H]5CC[C@H]([C@H](C)/C=C/[C@@H](CC)C(C)C)[C@@]5(C)CC[C@@H]43)C2)C(O)C(O)[C@@H]1O. The minimum absolute atomic E-state index is 0.148. The highest BCUT2D eigenvalue weighted by molar-refractivity contribution is 5.69. The summed E-state index contributed by atoms with van der Waals surface area (Å²) in [5, 5.41) is 32.6. The van der Waals surface area contributed by atoms with E-state index in [9.17, 15) is 20.1 Å². The molecule has 5 aliphatic rings. The quantitative estimate of drug-likeness (QED) is 0.0390. The number of carbonyl (C=O) groups excluding carboxylic acids is 1. The molecule has 5 rings (SSSR count). The number of ether oxygens (including phenoxy) is 3. The van der Waals surface area contributed by atoms with Crippen molar-refractivity contribution in [2.24, 2.45) is 52.3 Å². The number of aliphatic hydroxyl groups is 3. The zero-order valence-electron chi connectivity index (χ0n) is 42.4. The van der Waals surface area contributed by atoms with Crippen LogP contribution in [-0.2, 0) is 19.0 Å². The first-order valence-electron chi connectivity index (χ1n) is 27.7. The third kappa shape index (κ3) is 14.6. The monoisotopic (exact) mass is 897 g/mol. The second-order valence-corrected chi connectivity index (χ2v) is 22.9. The van der Waals surface area contributed by atoms with Crippen molar-refractivity contribution in [3.63, 3.8) is 0 Å². The average Bonchev–Trinajstić information content (AvgIpc) is 3.64. The molecule has 14 atom stereocenters. The molecule has 3 unspecified atom stereocenters. The van der Waals surface area contributed by atoms with Crippen molar-refractivity contribution < 1.29 is 34.3 Å².